The van der Waals surface area contributed by atoms with Crippen LogP contribution >= 0.6 is 0 Å². The molecule has 1 aliphatic heterocycles. The Hall–Kier alpha value is -1.02. The number of anilines is 1. The zero-order valence-electron chi connectivity index (χ0n) is 11.7. The number of fused-ring (bicyclic) bond motifs is 2. The summed E-state index contributed by atoms with van der Waals surface area (Å²) in [6.45, 7) is 8.02. The molecule has 94 valence electrons. The Morgan fingerprint density at radius 2 is 2.06 bits per heavy atom. The fourth-order valence-electron chi connectivity index (χ4n) is 3.04. The van der Waals surface area contributed by atoms with Crippen molar-refractivity contribution in [3.05, 3.63) is 29.3 Å². The number of nitrogens with one attached hydrogen (secondary N) is 1. The van der Waals surface area contributed by atoms with E-state index in [1.165, 1.54) is 16.8 Å². The molecule has 1 heterocycles. The predicted molar refractivity (Wildman–Crippen MR) is 74.5 cm³/mol. The Morgan fingerprint density at radius 3 is 2.59 bits per heavy atom. The highest BCUT2D eigenvalue weighted by Crippen LogP contribution is 2.44. The van der Waals surface area contributed by atoms with E-state index in [0.717, 1.165) is 13.0 Å². The third-order valence-electron chi connectivity index (χ3n) is 4.11. The fraction of sp³-hybridized carbons (Fsp3) is 0.600. The topological polar surface area (TPSA) is 15.3 Å². The lowest BCUT2D eigenvalue weighted by Crippen LogP contribution is -2.40. The molecule has 2 atom stereocenters. The molecule has 1 aromatic rings. The minimum Gasteiger partial charge on any atom is -0.375 e. The molecule has 0 aromatic heterocycles. The summed E-state index contributed by atoms with van der Waals surface area (Å²) in [4.78, 5) is 2.27. The molecule has 0 spiro atoms. The summed E-state index contributed by atoms with van der Waals surface area (Å²) < 4.78 is 0. The number of rotatable bonds is 4. The van der Waals surface area contributed by atoms with Gasteiger partial charge in [0.1, 0.15) is 0 Å². The van der Waals surface area contributed by atoms with Gasteiger partial charge in [-0.3, -0.25) is 0 Å². The van der Waals surface area contributed by atoms with E-state index in [-0.39, 0.29) is 5.54 Å². The largest absolute Gasteiger partial charge is 0.375 e. The first-order valence-corrected chi connectivity index (χ1v) is 6.54. The van der Waals surface area contributed by atoms with Crippen molar-refractivity contribution in [2.45, 2.75) is 32.7 Å². The van der Waals surface area contributed by atoms with Gasteiger partial charge >= 0.3 is 0 Å². The number of hydrogen-bond acceptors (Lipinski definition) is 2. The van der Waals surface area contributed by atoms with Crippen LogP contribution in [0.1, 0.15) is 31.9 Å². The van der Waals surface area contributed by atoms with Crippen LogP contribution in [0.5, 0.6) is 0 Å². The maximum absolute atomic E-state index is 3.73. The normalized spacial score (nSPS) is 23.9. The van der Waals surface area contributed by atoms with Crippen molar-refractivity contribution >= 4 is 5.69 Å². The molecule has 0 saturated carbocycles. The molecule has 1 aromatic carbocycles. The molecule has 0 amide bonds. The Balaban J connectivity index is 2.34. The van der Waals surface area contributed by atoms with E-state index >= 15 is 0 Å². The van der Waals surface area contributed by atoms with E-state index in [0.29, 0.717) is 5.92 Å². The molecule has 2 heteroatoms. The van der Waals surface area contributed by atoms with Crippen LogP contribution in [-0.2, 0) is 12.0 Å². The molecule has 17 heavy (non-hydrogen) atoms. The van der Waals surface area contributed by atoms with Crippen LogP contribution in [0.25, 0.3) is 0 Å². The summed E-state index contributed by atoms with van der Waals surface area (Å²) in [5.74, 6) is 0.586. The second-order valence-corrected chi connectivity index (χ2v) is 5.68. The summed E-state index contributed by atoms with van der Waals surface area (Å²) >= 11 is 0. The van der Waals surface area contributed by atoms with Crippen molar-refractivity contribution in [2.24, 2.45) is 5.92 Å². The Labute approximate surface area is 105 Å². The van der Waals surface area contributed by atoms with Gasteiger partial charge in [-0.05, 0) is 50.6 Å². The van der Waals surface area contributed by atoms with Gasteiger partial charge in [-0.25, -0.2) is 0 Å². The van der Waals surface area contributed by atoms with Gasteiger partial charge in [0.05, 0.1) is 5.54 Å². The van der Waals surface area contributed by atoms with Crippen LogP contribution in [0.2, 0.25) is 0 Å². The fourth-order valence-corrected chi connectivity index (χ4v) is 3.04. The standard InChI is InChI=1S/C15H24N2/c1-6-12-13-8-7-9-14(12)16-15(13,3)11(2)10-17(4)5/h7-9,11,16H,6,10H2,1-5H3/t11?,15-/m0/s1. The van der Waals surface area contributed by atoms with Gasteiger partial charge in [-0.15, -0.1) is 0 Å². The maximum Gasteiger partial charge on any atom is 0.0638 e. The molecule has 0 aliphatic carbocycles. The second kappa shape index (κ2) is 4.34. The summed E-state index contributed by atoms with van der Waals surface area (Å²) in [7, 11) is 4.29. The van der Waals surface area contributed by atoms with Gasteiger partial charge < -0.3 is 10.2 Å². The lowest BCUT2D eigenvalue weighted by atomic mass is 9.81. The molecule has 2 bridgehead atoms. The Kier molecular flexibility index (Phi) is 3.17. The van der Waals surface area contributed by atoms with Crippen LogP contribution in [0, 0.1) is 5.92 Å². The minimum absolute atomic E-state index is 0.0917. The smallest absolute Gasteiger partial charge is 0.0638 e. The summed E-state index contributed by atoms with van der Waals surface area (Å²) in [6, 6.07) is 6.66. The van der Waals surface area contributed by atoms with Crippen LogP contribution in [0.15, 0.2) is 18.2 Å². The second-order valence-electron chi connectivity index (χ2n) is 5.68. The van der Waals surface area contributed by atoms with Crippen molar-refractivity contribution in [3.63, 3.8) is 0 Å². The monoisotopic (exact) mass is 232 g/mol. The van der Waals surface area contributed by atoms with E-state index in [1.54, 1.807) is 0 Å². The molecular formula is C15H24N2. The highest BCUT2D eigenvalue weighted by atomic mass is 15.1. The molecule has 0 saturated heterocycles. The first-order chi connectivity index (χ1) is 7.99. The summed E-state index contributed by atoms with van der Waals surface area (Å²) in [5.41, 5.74) is 4.42. The van der Waals surface area contributed by atoms with E-state index < -0.39 is 0 Å². The van der Waals surface area contributed by atoms with Crippen LogP contribution in [-0.4, -0.2) is 25.5 Å². The highest BCUT2D eigenvalue weighted by Gasteiger charge is 2.39. The highest BCUT2D eigenvalue weighted by molar-refractivity contribution is 5.65. The van der Waals surface area contributed by atoms with Gasteiger partial charge in [-0.1, -0.05) is 26.0 Å². The van der Waals surface area contributed by atoms with Crippen LogP contribution in [0.3, 0.4) is 0 Å². The van der Waals surface area contributed by atoms with Crippen molar-refractivity contribution in [2.75, 3.05) is 26.0 Å². The van der Waals surface area contributed by atoms with Crippen molar-refractivity contribution < 1.29 is 0 Å². The van der Waals surface area contributed by atoms with Crippen LogP contribution < -0.4 is 5.32 Å². The predicted octanol–water partition coefficient (Wildman–Crippen LogP) is 3.09. The van der Waals surface area contributed by atoms with Gasteiger partial charge in [0.2, 0.25) is 0 Å². The van der Waals surface area contributed by atoms with E-state index in [4.69, 9.17) is 0 Å². The molecule has 2 rings (SSSR count). The van der Waals surface area contributed by atoms with E-state index in [1.807, 2.05) is 0 Å². The third-order valence-corrected chi connectivity index (χ3v) is 4.11. The van der Waals surface area contributed by atoms with Crippen LogP contribution in [0.4, 0.5) is 5.69 Å². The minimum atomic E-state index is 0.0917. The number of hydrogen-bond donors (Lipinski definition) is 1. The third kappa shape index (κ3) is 1.95. The molecule has 2 nitrogen and oxygen atoms in total. The molecule has 0 fully saturated rings. The first-order valence-electron chi connectivity index (χ1n) is 6.54. The molecule has 1 aliphatic rings. The lowest BCUT2D eigenvalue weighted by molar-refractivity contribution is 0.262. The van der Waals surface area contributed by atoms with Crippen molar-refractivity contribution in [1.29, 1.82) is 0 Å². The molecule has 0 radical (unpaired) electrons. The van der Waals surface area contributed by atoms with E-state index in [9.17, 15) is 0 Å². The summed E-state index contributed by atoms with van der Waals surface area (Å²) in [5, 5.41) is 3.73. The molecule has 1 N–H and O–H groups in total. The number of benzene rings is 1. The van der Waals surface area contributed by atoms with Crippen molar-refractivity contribution in [3.8, 4) is 0 Å². The van der Waals surface area contributed by atoms with Gasteiger partial charge in [0.15, 0.2) is 0 Å². The zero-order valence-corrected chi connectivity index (χ0v) is 11.7. The lowest BCUT2D eigenvalue weighted by Gasteiger charge is -2.35. The Morgan fingerprint density at radius 1 is 1.35 bits per heavy atom. The number of nitrogens with zero attached hydrogens (tertiary/aromatic N) is 1. The molecular weight excluding hydrogens is 208 g/mol. The average molecular weight is 232 g/mol. The average Bonchev–Trinajstić information content (AvgIpc) is 2.41. The summed E-state index contributed by atoms with van der Waals surface area (Å²) in [6.07, 6.45) is 1.11. The maximum atomic E-state index is 3.73. The first kappa shape index (κ1) is 12.4. The quantitative estimate of drug-likeness (QED) is 0.858. The van der Waals surface area contributed by atoms with Gasteiger partial charge in [0.25, 0.3) is 0 Å². The van der Waals surface area contributed by atoms with Gasteiger partial charge in [0, 0.05) is 12.2 Å². The van der Waals surface area contributed by atoms with Gasteiger partial charge in [-0.2, -0.15) is 0 Å². The Bertz CT molecular complexity index is 411. The van der Waals surface area contributed by atoms with Crippen molar-refractivity contribution in [1.82, 2.24) is 4.90 Å². The zero-order chi connectivity index (χ0) is 12.6. The molecule has 1 unspecified atom stereocenters. The van der Waals surface area contributed by atoms with E-state index in [2.05, 4.69) is 63.3 Å². The SMILES string of the molecule is CCc1c2cccc1[C@](C)(C(C)CN(C)C)N2.